The molecule has 1 amide bonds. The van der Waals surface area contributed by atoms with Crippen LogP contribution >= 0.6 is 0 Å². The zero-order valence-corrected chi connectivity index (χ0v) is 27.4. The van der Waals surface area contributed by atoms with Gasteiger partial charge in [0.25, 0.3) is 0 Å². The number of hydrogen-bond acceptors (Lipinski definition) is 11. The van der Waals surface area contributed by atoms with Crippen LogP contribution in [0.25, 0.3) is 0 Å². The third-order valence-corrected chi connectivity index (χ3v) is 9.45. The molecule has 0 saturated carbocycles. The molecule has 4 N–H and O–H groups in total. The number of carbonyl (C=O) groups excluding carboxylic acids is 2. The molecule has 3 aliphatic heterocycles. The summed E-state index contributed by atoms with van der Waals surface area (Å²) in [5.74, 6) is -2.13. The Bertz CT molecular complexity index is 900. The second-order valence-corrected chi connectivity index (χ2v) is 13.7. The Morgan fingerprint density at radius 2 is 1.77 bits per heavy atom. The van der Waals surface area contributed by atoms with Gasteiger partial charge in [0, 0.05) is 57.6 Å². The minimum absolute atomic E-state index is 0.0815. The molecule has 3 rings (SSSR count). The molecule has 3 aliphatic rings. The molecule has 3 saturated heterocycles. The second kappa shape index (κ2) is 15.8. The van der Waals surface area contributed by atoms with Gasteiger partial charge in [-0.3, -0.25) is 14.9 Å². The van der Waals surface area contributed by atoms with Crippen LogP contribution in [0.4, 0.5) is 0 Å². The molecule has 250 valence electrons. The molecule has 3 heterocycles. The van der Waals surface area contributed by atoms with Gasteiger partial charge in [-0.2, -0.15) is 0 Å². The van der Waals surface area contributed by atoms with E-state index in [0.29, 0.717) is 39.0 Å². The number of ether oxygens (including phenoxy) is 4. The lowest BCUT2D eigenvalue weighted by Gasteiger charge is -2.47. The molecule has 11 atom stereocenters. The number of aliphatic hydroxyl groups excluding tert-OH is 2. The maximum absolute atomic E-state index is 13.4. The first-order valence-corrected chi connectivity index (χ1v) is 15.9. The zero-order valence-electron chi connectivity index (χ0n) is 27.4. The van der Waals surface area contributed by atoms with Gasteiger partial charge in [-0.15, -0.1) is 0 Å². The Morgan fingerprint density at radius 1 is 1.12 bits per heavy atom. The van der Waals surface area contributed by atoms with Crippen molar-refractivity contribution in [3.05, 3.63) is 0 Å². The number of esters is 1. The Balaban J connectivity index is 2.01. The molecule has 0 bridgehead atoms. The van der Waals surface area contributed by atoms with Crippen molar-refractivity contribution < 1.29 is 43.9 Å². The van der Waals surface area contributed by atoms with Gasteiger partial charge >= 0.3 is 5.97 Å². The molecule has 0 radical (unpaired) electrons. The largest absolute Gasteiger partial charge is 0.461 e. The van der Waals surface area contributed by atoms with Gasteiger partial charge in [0.15, 0.2) is 6.29 Å². The standard InChI is InChI=1S/C31H57N3O9/c1-18-16-31(5,39)27(43-30-25(36)23(33(6)7)15-19(2)41-30)20(3)26(42-29(38)22-10-13-40-14-11-22)21(4)28(37)32-12-9-24(35)34(8)17-18/h18-23,25-28,30,32,36-37,39H,9-17H2,1-8H3/t18-,19-,20+,21-,23+,25-,26+,27-,28?,30+,31-/m1/s1. The van der Waals surface area contributed by atoms with E-state index in [0.717, 1.165) is 0 Å². The first-order chi connectivity index (χ1) is 20.1. The Kier molecular flexibility index (Phi) is 13.2. The number of amides is 1. The van der Waals surface area contributed by atoms with Crippen molar-refractivity contribution in [2.75, 3.05) is 47.4 Å². The first-order valence-electron chi connectivity index (χ1n) is 15.9. The number of likely N-dealkylation sites (N-methyl/N-ethyl adjacent to an activating group) is 1. The second-order valence-electron chi connectivity index (χ2n) is 13.7. The van der Waals surface area contributed by atoms with E-state index in [1.165, 1.54) is 0 Å². The molecule has 0 aromatic carbocycles. The average molecular weight is 616 g/mol. The highest BCUT2D eigenvalue weighted by atomic mass is 16.7. The van der Waals surface area contributed by atoms with E-state index in [4.69, 9.17) is 18.9 Å². The summed E-state index contributed by atoms with van der Waals surface area (Å²) in [5.41, 5.74) is -1.48. The van der Waals surface area contributed by atoms with Gasteiger partial charge in [0.2, 0.25) is 5.91 Å². The summed E-state index contributed by atoms with van der Waals surface area (Å²) in [6.07, 6.45) is -3.00. The van der Waals surface area contributed by atoms with Crippen LogP contribution in [0.2, 0.25) is 0 Å². The van der Waals surface area contributed by atoms with E-state index in [9.17, 15) is 24.9 Å². The van der Waals surface area contributed by atoms with Crippen molar-refractivity contribution in [2.24, 2.45) is 23.7 Å². The van der Waals surface area contributed by atoms with Crippen LogP contribution in [-0.4, -0.2) is 133 Å². The van der Waals surface area contributed by atoms with Crippen LogP contribution in [-0.2, 0) is 28.5 Å². The smallest absolute Gasteiger partial charge is 0.309 e. The summed E-state index contributed by atoms with van der Waals surface area (Å²) in [5, 5.41) is 37.7. The van der Waals surface area contributed by atoms with E-state index in [1.807, 2.05) is 39.8 Å². The molecule has 43 heavy (non-hydrogen) atoms. The normalized spacial score (nSPS) is 41.6. The highest BCUT2D eigenvalue weighted by Gasteiger charge is 2.49. The fraction of sp³-hybridized carbons (Fsp3) is 0.935. The molecule has 0 spiro atoms. The molecule has 0 aromatic heterocycles. The van der Waals surface area contributed by atoms with Gasteiger partial charge in [-0.05, 0) is 59.5 Å². The Hall–Kier alpha value is -1.38. The minimum Gasteiger partial charge on any atom is -0.461 e. The molecule has 12 heteroatoms. The SMILES string of the molecule is C[C@H]1CN(C)C(=O)CCNC(O)[C@H](C)[C@@H](OC(=O)C2CCOCC2)[C@H](C)[C@@H](O[C@@H]2O[C@H](C)C[C@H](N(C)C)[C@H]2O)[C@](C)(O)C1. The molecule has 12 nitrogen and oxygen atoms in total. The Labute approximate surface area is 257 Å². The molecule has 0 aromatic rings. The summed E-state index contributed by atoms with van der Waals surface area (Å²) in [7, 11) is 5.52. The van der Waals surface area contributed by atoms with Gasteiger partial charge in [0.1, 0.15) is 18.4 Å². The maximum atomic E-state index is 13.4. The number of nitrogens with one attached hydrogen (secondary N) is 1. The fourth-order valence-corrected chi connectivity index (χ4v) is 7.00. The maximum Gasteiger partial charge on any atom is 0.309 e. The number of rotatable bonds is 5. The van der Waals surface area contributed by atoms with Crippen LogP contribution in [0.5, 0.6) is 0 Å². The van der Waals surface area contributed by atoms with Gasteiger partial charge in [0.05, 0.1) is 23.7 Å². The summed E-state index contributed by atoms with van der Waals surface area (Å²) >= 11 is 0. The third kappa shape index (κ3) is 9.56. The van der Waals surface area contributed by atoms with Crippen molar-refractivity contribution in [3.63, 3.8) is 0 Å². The highest BCUT2D eigenvalue weighted by molar-refractivity contribution is 5.76. The van der Waals surface area contributed by atoms with Crippen LogP contribution in [0.1, 0.15) is 66.7 Å². The van der Waals surface area contributed by atoms with Gasteiger partial charge in [-0.1, -0.05) is 20.8 Å². The highest BCUT2D eigenvalue weighted by Crippen LogP contribution is 2.37. The number of hydrogen-bond donors (Lipinski definition) is 4. The van der Waals surface area contributed by atoms with Crippen molar-refractivity contribution in [1.82, 2.24) is 15.1 Å². The Morgan fingerprint density at radius 3 is 2.40 bits per heavy atom. The van der Waals surface area contributed by atoms with E-state index in [2.05, 4.69) is 5.32 Å². The number of nitrogens with zero attached hydrogens (tertiary/aromatic N) is 2. The lowest BCUT2D eigenvalue weighted by Crippen LogP contribution is -2.60. The van der Waals surface area contributed by atoms with Crippen molar-refractivity contribution >= 4 is 11.9 Å². The van der Waals surface area contributed by atoms with E-state index in [-0.39, 0.29) is 55.2 Å². The van der Waals surface area contributed by atoms with Gasteiger partial charge < -0.3 is 44.1 Å². The lowest BCUT2D eigenvalue weighted by molar-refractivity contribution is -0.300. The predicted octanol–water partition coefficient (Wildman–Crippen LogP) is 0.956. The average Bonchev–Trinajstić information content (AvgIpc) is 2.94. The molecule has 3 fully saturated rings. The zero-order chi connectivity index (χ0) is 32.1. The van der Waals surface area contributed by atoms with E-state index < -0.39 is 48.3 Å². The molecular formula is C31H57N3O9. The quantitative estimate of drug-likeness (QED) is 0.328. The molecule has 0 aliphatic carbocycles. The summed E-state index contributed by atoms with van der Waals surface area (Å²) in [6.45, 7) is 10.8. The first kappa shape index (κ1) is 36.1. The topological polar surface area (TPSA) is 150 Å². The van der Waals surface area contributed by atoms with Crippen LogP contribution in [0.15, 0.2) is 0 Å². The lowest BCUT2D eigenvalue weighted by atomic mass is 9.77. The van der Waals surface area contributed by atoms with Crippen molar-refractivity contribution in [2.45, 2.75) is 115 Å². The summed E-state index contributed by atoms with van der Waals surface area (Å²) < 4.78 is 24.3. The van der Waals surface area contributed by atoms with E-state index >= 15 is 0 Å². The third-order valence-electron chi connectivity index (χ3n) is 9.45. The monoisotopic (exact) mass is 615 g/mol. The fourth-order valence-electron chi connectivity index (χ4n) is 7.00. The predicted molar refractivity (Wildman–Crippen MR) is 160 cm³/mol. The van der Waals surface area contributed by atoms with E-state index in [1.54, 1.807) is 25.8 Å². The molecular weight excluding hydrogens is 558 g/mol. The summed E-state index contributed by atoms with van der Waals surface area (Å²) in [6, 6.07) is -0.224. The number of aliphatic hydroxyl groups is 3. The number of carbonyl (C=O) groups is 2. The minimum atomic E-state index is -1.48. The molecule has 1 unspecified atom stereocenters. The van der Waals surface area contributed by atoms with Gasteiger partial charge in [-0.25, -0.2) is 0 Å². The summed E-state index contributed by atoms with van der Waals surface area (Å²) in [4.78, 5) is 29.8. The van der Waals surface area contributed by atoms with Crippen molar-refractivity contribution in [1.29, 1.82) is 0 Å². The van der Waals surface area contributed by atoms with Crippen LogP contribution < -0.4 is 5.32 Å². The van der Waals surface area contributed by atoms with Crippen LogP contribution in [0, 0.1) is 23.7 Å². The van der Waals surface area contributed by atoms with Crippen LogP contribution in [0.3, 0.4) is 0 Å². The van der Waals surface area contributed by atoms with Crippen molar-refractivity contribution in [3.8, 4) is 0 Å².